The van der Waals surface area contributed by atoms with E-state index in [2.05, 4.69) is 89.3 Å². The number of carbonyl (C=O) groups excluding carboxylic acids is 4. The zero-order valence-electron chi connectivity index (χ0n) is 27.5. The molecule has 2 aromatic rings. The maximum Gasteiger partial charge on any atom is 0.243 e. The van der Waals surface area contributed by atoms with Crippen molar-refractivity contribution >= 4 is 50.3 Å². The molecule has 1 aromatic heterocycles. The predicted molar refractivity (Wildman–Crippen MR) is 183 cm³/mol. The van der Waals surface area contributed by atoms with Crippen LogP contribution in [0.25, 0.3) is 10.9 Å². The first-order chi connectivity index (χ1) is 21.1. The van der Waals surface area contributed by atoms with Gasteiger partial charge in [-0.1, -0.05) is 78.2 Å². The molecule has 9 nitrogen and oxygen atoms in total. The normalized spacial score (nSPS) is 17.0. The number of hydrogen-bond acceptors (Lipinski definition) is 5. The van der Waals surface area contributed by atoms with Gasteiger partial charge < -0.3 is 25.8 Å². The zero-order chi connectivity index (χ0) is 32.9. The number of H-pyrrole nitrogens is 1. The van der Waals surface area contributed by atoms with Crippen LogP contribution >= 0.6 is 15.9 Å². The fourth-order valence-electron chi connectivity index (χ4n) is 4.47. The lowest BCUT2D eigenvalue weighted by Gasteiger charge is -2.37. The van der Waals surface area contributed by atoms with Gasteiger partial charge in [-0.25, -0.2) is 0 Å². The maximum atomic E-state index is 12.2. The molecule has 4 N–H and O–H groups in total. The van der Waals surface area contributed by atoms with Crippen molar-refractivity contribution in [1.29, 1.82) is 0 Å². The van der Waals surface area contributed by atoms with E-state index in [1.165, 1.54) is 42.1 Å². The molecule has 2 saturated heterocycles. The van der Waals surface area contributed by atoms with E-state index in [0.29, 0.717) is 18.7 Å². The van der Waals surface area contributed by atoms with E-state index in [4.69, 9.17) is 0 Å². The van der Waals surface area contributed by atoms with Crippen molar-refractivity contribution in [2.45, 2.75) is 105 Å². The number of piperidine rings is 1. The smallest absolute Gasteiger partial charge is 0.243 e. The Labute approximate surface area is 272 Å². The summed E-state index contributed by atoms with van der Waals surface area (Å²) < 4.78 is 1.08. The van der Waals surface area contributed by atoms with Crippen molar-refractivity contribution in [3.8, 4) is 0 Å². The van der Waals surface area contributed by atoms with Gasteiger partial charge in [-0.05, 0) is 60.2 Å². The molecule has 44 heavy (non-hydrogen) atoms. The number of nitrogens with zero attached hydrogens (tertiary/aromatic N) is 1. The van der Waals surface area contributed by atoms with Crippen LogP contribution in [-0.4, -0.2) is 65.6 Å². The minimum atomic E-state index is -0.366. The molecule has 246 valence electrons. The van der Waals surface area contributed by atoms with Crippen molar-refractivity contribution in [3.05, 3.63) is 46.7 Å². The molecule has 1 aromatic carbocycles. The van der Waals surface area contributed by atoms with Crippen LogP contribution in [0, 0.1) is 6.92 Å². The molecule has 0 spiro atoms. The number of aromatic nitrogens is 1. The van der Waals surface area contributed by atoms with E-state index in [-0.39, 0.29) is 36.9 Å². The van der Waals surface area contributed by atoms with E-state index in [1.54, 1.807) is 0 Å². The topological polar surface area (TPSA) is 123 Å². The van der Waals surface area contributed by atoms with Crippen LogP contribution in [0.3, 0.4) is 0 Å². The first-order valence-electron chi connectivity index (χ1n) is 16.1. The molecule has 10 heteroatoms. The summed E-state index contributed by atoms with van der Waals surface area (Å²) in [6, 6.07) is 7.97. The summed E-state index contributed by atoms with van der Waals surface area (Å²) in [7, 11) is 0. The number of rotatable bonds is 6. The van der Waals surface area contributed by atoms with Crippen LogP contribution in [0.2, 0.25) is 0 Å². The molecule has 0 saturated carbocycles. The third-order valence-electron chi connectivity index (χ3n) is 7.43. The Hall–Kier alpha value is -3.14. The van der Waals surface area contributed by atoms with Crippen molar-refractivity contribution in [2.24, 2.45) is 0 Å². The fraction of sp³-hybridized carbons (Fsp3) is 0.588. The minimum Gasteiger partial charge on any atom is -0.362 e. The monoisotopic (exact) mass is 675 g/mol. The summed E-state index contributed by atoms with van der Waals surface area (Å²) in [5, 5.41) is 9.05. The van der Waals surface area contributed by atoms with Crippen molar-refractivity contribution < 1.29 is 19.2 Å². The lowest BCUT2D eigenvalue weighted by Crippen LogP contribution is -2.53. The third kappa shape index (κ3) is 14.6. The first-order valence-corrected chi connectivity index (χ1v) is 16.9. The number of aromatic amines is 1. The average Bonchev–Trinajstić information content (AvgIpc) is 3.34. The van der Waals surface area contributed by atoms with Crippen LogP contribution in [-0.2, 0) is 19.2 Å². The van der Waals surface area contributed by atoms with Crippen molar-refractivity contribution in [2.75, 3.05) is 26.2 Å². The molecule has 3 amide bonds. The van der Waals surface area contributed by atoms with Crippen LogP contribution in [0.4, 0.5) is 0 Å². The molecule has 2 fully saturated rings. The predicted octanol–water partition coefficient (Wildman–Crippen LogP) is 6.31. The lowest BCUT2D eigenvalue weighted by atomic mass is 10.0. The molecule has 4 rings (SSSR count). The quantitative estimate of drug-likeness (QED) is 0.267. The van der Waals surface area contributed by atoms with Gasteiger partial charge in [-0.15, -0.1) is 0 Å². The van der Waals surface area contributed by atoms with Gasteiger partial charge in [0.15, 0.2) is 0 Å². The van der Waals surface area contributed by atoms with Gasteiger partial charge in [0.05, 0.1) is 24.2 Å². The lowest BCUT2D eigenvalue weighted by molar-refractivity contribution is -0.130. The maximum absolute atomic E-state index is 12.2. The van der Waals surface area contributed by atoms with E-state index in [1.807, 2.05) is 17.9 Å². The second kappa shape index (κ2) is 22.4. The Kier molecular flexibility index (Phi) is 19.8. The molecule has 0 bridgehead atoms. The van der Waals surface area contributed by atoms with Gasteiger partial charge in [0, 0.05) is 36.0 Å². The number of benzene rings is 1. The summed E-state index contributed by atoms with van der Waals surface area (Å²) in [5.74, 6) is -0.383. The third-order valence-corrected chi connectivity index (χ3v) is 8.22. The van der Waals surface area contributed by atoms with E-state index >= 15 is 0 Å². The van der Waals surface area contributed by atoms with Crippen LogP contribution in [0.1, 0.15) is 97.5 Å². The molecular weight excluding hydrogens is 622 g/mol. The Morgan fingerprint density at radius 2 is 1.55 bits per heavy atom. The SMILES string of the molecule is C=C1CNC(=O)CNC(=O)CNC(=O)C2CCCCN12.CCCC.CCCCCC(=O)CC.Cc1c(Br)[nH]c2ccccc12. The highest BCUT2D eigenvalue weighted by atomic mass is 79.9. The van der Waals surface area contributed by atoms with Crippen LogP contribution < -0.4 is 16.0 Å². The Morgan fingerprint density at radius 1 is 0.909 bits per heavy atom. The molecule has 2 aliphatic rings. The van der Waals surface area contributed by atoms with E-state index in [9.17, 15) is 19.2 Å². The molecule has 3 heterocycles. The summed E-state index contributed by atoms with van der Waals surface area (Å²) >= 11 is 3.45. The first kappa shape index (κ1) is 38.9. The largest absolute Gasteiger partial charge is 0.362 e. The molecule has 0 aliphatic carbocycles. The number of hydrogen-bond donors (Lipinski definition) is 4. The minimum absolute atomic E-state index is 0.0919. The summed E-state index contributed by atoms with van der Waals surface area (Å²) in [6.45, 7) is 15.3. The number of amides is 3. The molecule has 1 unspecified atom stereocenters. The number of para-hydroxylation sites is 1. The standard InChI is InChI=1S/C13H20N4O3.C9H8BrN.C8H16O.C4H10/c1-9-6-14-11(18)7-15-12(19)8-16-13(20)10-4-2-3-5-17(9)10;1-6-7-4-2-3-5-8(7)11-9(6)10;1-3-5-6-7-8(9)4-2;1-3-4-2/h10H,1-8H2,(H,14,18)(H,15,19)(H,16,20);2-5,11H,1H3;3-7H2,1-2H3;3-4H2,1-2H3. The average molecular weight is 677 g/mol. The van der Waals surface area contributed by atoms with Crippen LogP contribution in [0.15, 0.2) is 41.1 Å². The number of unbranched alkanes of at least 4 members (excludes halogenated alkanes) is 3. The number of ketones is 1. The van der Waals surface area contributed by atoms with Gasteiger partial charge in [-0.3, -0.25) is 19.2 Å². The second-order valence-corrected chi connectivity index (χ2v) is 11.8. The zero-order valence-corrected chi connectivity index (χ0v) is 29.0. The van der Waals surface area contributed by atoms with Gasteiger partial charge >= 0.3 is 0 Å². The Morgan fingerprint density at radius 3 is 2.16 bits per heavy atom. The summed E-state index contributed by atoms with van der Waals surface area (Å²) in [5.41, 5.74) is 3.20. The van der Waals surface area contributed by atoms with E-state index in [0.717, 1.165) is 48.9 Å². The number of fused-ring (bicyclic) bond motifs is 2. The van der Waals surface area contributed by atoms with E-state index < -0.39 is 0 Å². The molecule has 1 atom stereocenters. The van der Waals surface area contributed by atoms with Gasteiger partial charge in [0.25, 0.3) is 0 Å². The molecular formula is C34H54BrN5O4. The van der Waals surface area contributed by atoms with Gasteiger partial charge in [0.2, 0.25) is 17.7 Å². The number of Topliss-reactive ketones (excluding diaryl/α,β-unsaturated/α-hetero) is 1. The summed E-state index contributed by atoms with van der Waals surface area (Å²) in [6.07, 6.45) is 10.3. The van der Waals surface area contributed by atoms with Crippen molar-refractivity contribution in [1.82, 2.24) is 25.8 Å². The molecule has 0 radical (unpaired) electrons. The number of nitrogens with one attached hydrogen (secondary N) is 4. The highest BCUT2D eigenvalue weighted by molar-refractivity contribution is 9.10. The Bertz CT molecular complexity index is 1150. The highest BCUT2D eigenvalue weighted by Gasteiger charge is 2.30. The highest BCUT2D eigenvalue weighted by Crippen LogP contribution is 2.24. The fourth-order valence-corrected chi connectivity index (χ4v) is 4.90. The number of carbonyl (C=O) groups is 4. The van der Waals surface area contributed by atoms with Gasteiger partial charge in [-0.2, -0.15) is 0 Å². The Balaban J connectivity index is 0.000000339. The second-order valence-electron chi connectivity index (χ2n) is 11.0. The van der Waals surface area contributed by atoms with Gasteiger partial charge in [0.1, 0.15) is 11.8 Å². The van der Waals surface area contributed by atoms with Crippen LogP contribution in [0.5, 0.6) is 0 Å². The molecule has 2 aliphatic heterocycles. The number of aryl methyl sites for hydroxylation is 1. The number of halogens is 1. The summed E-state index contributed by atoms with van der Waals surface area (Å²) in [4.78, 5) is 51.0. The van der Waals surface area contributed by atoms with Crippen molar-refractivity contribution in [3.63, 3.8) is 0 Å².